The third kappa shape index (κ3) is 2.67. The fraction of sp³-hybridized carbons (Fsp3) is 0.278. The van der Waals surface area contributed by atoms with Crippen LogP contribution in [0.5, 0.6) is 5.75 Å². The molecule has 1 aromatic carbocycles. The molecule has 4 rings (SSSR count). The highest BCUT2D eigenvalue weighted by Crippen LogP contribution is 2.31. The molecule has 0 fully saturated rings. The molecule has 128 valence electrons. The highest BCUT2D eigenvalue weighted by Gasteiger charge is 2.33. The summed E-state index contributed by atoms with van der Waals surface area (Å²) in [5, 5.41) is 0. The van der Waals surface area contributed by atoms with Gasteiger partial charge in [0, 0.05) is 18.9 Å². The van der Waals surface area contributed by atoms with Crippen LogP contribution in [0.4, 0.5) is 0 Å². The molecule has 1 aliphatic rings. The van der Waals surface area contributed by atoms with E-state index in [4.69, 9.17) is 9.15 Å². The molecule has 1 aliphatic heterocycles. The first kappa shape index (κ1) is 15.4. The molecule has 7 heteroatoms. The summed E-state index contributed by atoms with van der Waals surface area (Å²) < 4.78 is 12.5. The number of oxazole rings is 1. The Morgan fingerprint density at radius 2 is 2.08 bits per heavy atom. The Kier molecular flexibility index (Phi) is 3.76. The summed E-state index contributed by atoms with van der Waals surface area (Å²) in [7, 11) is 1.64. The van der Waals surface area contributed by atoms with Gasteiger partial charge in [-0.15, -0.1) is 0 Å². The lowest BCUT2D eigenvalue weighted by Gasteiger charge is -2.36. The molecule has 0 N–H and O–H groups in total. The largest absolute Gasteiger partial charge is 0.497 e. The monoisotopic (exact) mass is 338 g/mol. The number of fused-ring (bicyclic) bond motifs is 1. The standard InChI is InChI=1S/C18H18N4O3/c1-12-17(20-11-25-12)18(23)22-10-16-19-7-8-21(16)9-15(22)13-3-5-14(24-2)6-4-13/h3-8,11,15H,9-10H2,1-2H3/t15-/m0/s1. The van der Waals surface area contributed by atoms with E-state index in [0.29, 0.717) is 24.5 Å². The van der Waals surface area contributed by atoms with Crippen molar-refractivity contribution in [3.63, 3.8) is 0 Å². The SMILES string of the molecule is COc1ccc([C@@H]2Cn3ccnc3CN2C(=O)c2ncoc2C)cc1. The van der Waals surface area contributed by atoms with Gasteiger partial charge in [-0.1, -0.05) is 12.1 Å². The number of aryl methyl sites for hydroxylation is 1. The molecule has 3 heterocycles. The number of amides is 1. The molecule has 0 radical (unpaired) electrons. The zero-order chi connectivity index (χ0) is 17.4. The van der Waals surface area contributed by atoms with Gasteiger partial charge in [-0.2, -0.15) is 0 Å². The van der Waals surface area contributed by atoms with Crippen LogP contribution in [0.25, 0.3) is 0 Å². The maximum Gasteiger partial charge on any atom is 0.277 e. The average molecular weight is 338 g/mol. The number of benzene rings is 1. The number of methoxy groups -OCH3 is 1. The fourth-order valence-electron chi connectivity index (χ4n) is 3.18. The van der Waals surface area contributed by atoms with Crippen molar-refractivity contribution >= 4 is 5.91 Å². The average Bonchev–Trinajstić information content (AvgIpc) is 3.28. The Hall–Kier alpha value is -3.09. The predicted molar refractivity (Wildman–Crippen MR) is 89.1 cm³/mol. The lowest BCUT2D eigenvalue weighted by Crippen LogP contribution is -2.41. The number of aromatic nitrogens is 3. The number of ether oxygens (including phenoxy) is 1. The molecule has 0 saturated heterocycles. The van der Waals surface area contributed by atoms with Gasteiger partial charge in [0.1, 0.15) is 17.3 Å². The summed E-state index contributed by atoms with van der Waals surface area (Å²) in [5.41, 5.74) is 1.38. The normalized spacial score (nSPS) is 16.6. The number of imidazole rings is 1. The lowest BCUT2D eigenvalue weighted by atomic mass is 10.0. The molecule has 0 saturated carbocycles. The van der Waals surface area contributed by atoms with Gasteiger partial charge in [0.15, 0.2) is 12.1 Å². The second-order valence-electron chi connectivity index (χ2n) is 5.97. The van der Waals surface area contributed by atoms with E-state index in [9.17, 15) is 4.79 Å². The number of carbonyl (C=O) groups is 1. The van der Waals surface area contributed by atoms with Crippen molar-refractivity contribution in [2.45, 2.75) is 26.1 Å². The van der Waals surface area contributed by atoms with E-state index in [-0.39, 0.29) is 11.9 Å². The minimum Gasteiger partial charge on any atom is -0.497 e. The predicted octanol–water partition coefficient (Wildman–Crippen LogP) is 2.59. The molecule has 0 unspecified atom stereocenters. The van der Waals surface area contributed by atoms with E-state index in [1.54, 1.807) is 25.1 Å². The van der Waals surface area contributed by atoms with Crippen LogP contribution in [0.3, 0.4) is 0 Å². The van der Waals surface area contributed by atoms with E-state index >= 15 is 0 Å². The first-order chi connectivity index (χ1) is 12.2. The van der Waals surface area contributed by atoms with Crippen LogP contribution in [0.2, 0.25) is 0 Å². The smallest absolute Gasteiger partial charge is 0.277 e. The Labute approximate surface area is 144 Å². The fourth-order valence-corrected chi connectivity index (χ4v) is 3.18. The topological polar surface area (TPSA) is 73.4 Å². The number of rotatable bonds is 3. The number of nitrogens with zero attached hydrogens (tertiary/aromatic N) is 4. The second-order valence-corrected chi connectivity index (χ2v) is 5.97. The molecule has 0 aliphatic carbocycles. The van der Waals surface area contributed by atoms with E-state index in [0.717, 1.165) is 17.1 Å². The van der Waals surface area contributed by atoms with Crippen molar-refractivity contribution in [2.24, 2.45) is 0 Å². The third-order valence-corrected chi connectivity index (χ3v) is 4.57. The van der Waals surface area contributed by atoms with E-state index in [1.807, 2.05) is 30.5 Å². The molecule has 1 amide bonds. The van der Waals surface area contributed by atoms with Gasteiger partial charge in [0.2, 0.25) is 0 Å². The molecule has 25 heavy (non-hydrogen) atoms. The summed E-state index contributed by atoms with van der Waals surface area (Å²) in [4.78, 5) is 23.3. The minimum absolute atomic E-state index is 0.115. The summed E-state index contributed by atoms with van der Waals surface area (Å²) in [6.07, 6.45) is 5.00. The highest BCUT2D eigenvalue weighted by atomic mass is 16.5. The van der Waals surface area contributed by atoms with E-state index < -0.39 is 0 Å². The Balaban J connectivity index is 1.73. The van der Waals surface area contributed by atoms with Gasteiger partial charge in [-0.3, -0.25) is 4.79 Å². The van der Waals surface area contributed by atoms with E-state index in [2.05, 4.69) is 14.5 Å². The Morgan fingerprint density at radius 1 is 1.28 bits per heavy atom. The van der Waals surface area contributed by atoms with Crippen LogP contribution in [-0.2, 0) is 13.1 Å². The molecule has 0 bridgehead atoms. The van der Waals surface area contributed by atoms with Crippen LogP contribution in [0, 0.1) is 6.92 Å². The molecular formula is C18H18N4O3. The van der Waals surface area contributed by atoms with Gasteiger partial charge in [0.25, 0.3) is 5.91 Å². The van der Waals surface area contributed by atoms with Gasteiger partial charge in [-0.25, -0.2) is 9.97 Å². The first-order valence-electron chi connectivity index (χ1n) is 8.02. The van der Waals surface area contributed by atoms with Crippen LogP contribution in [0.1, 0.15) is 33.7 Å². The van der Waals surface area contributed by atoms with Crippen molar-refractivity contribution in [1.29, 1.82) is 0 Å². The molecule has 7 nitrogen and oxygen atoms in total. The summed E-state index contributed by atoms with van der Waals surface area (Å²) in [5.74, 6) is 2.01. The van der Waals surface area contributed by atoms with Gasteiger partial charge in [-0.05, 0) is 24.6 Å². The number of hydrogen-bond donors (Lipinski definition) is 0. The zero-order valence-corrected chi connectivity index (χ0v) is 14.0. The summed E-state index contributed by atoms with van der Waals surface area (Å²) in [6.45, 7) is 2.81. The number of hydrogen-bond acceptors (Lipinski definition) is 5. The van der Waals surface area contributed by atoms with E-state index in [1.165, 1.54) is 6.39 Å². The van der Waals surface area contributed by atoms with Gasteiger partial charge < -0.3 is 18.6 Å². The second kappa shape index (κ2) is 6.08. The molecular weight excluding hydrogens is 320 g/mol. The Morgan fingerprint density at radius 3 is 2.76 bits per heavy atom. The van der Waals surface area contributed by atoms with Crippen LogP contribution in [-0.4, -0.2) is 32.5 Å². The molecule has 3 aromatic rings. The Bertz CT molecular complexity index is 897. The number of carbonyl (C=O) groups excluding carboxylic acids is 1. The van der Waals surface area contributed by atoms with Crippen LogP contribution in [0.15, 0.2) is 47.5 Å². The zero-order valence-electron chi connectivity index (χ0n) is 14.0. The molecule has 2 aromatic heterocycles. The van der Waals surface area contributed by atoms with Crippen molar-refractivity contribution < 1.29 is 13.9 Å². The minimum atomic E-state index is -0.152. The lowest BCUT2D eigenvalue weighted by molar-refractivity contribution is 0.0577. The molecule has 1 atom stereocenters. The quantitative estimate of drug-likeness (QED) is 0.734. The van der Waals surface area contributed by atoms with Crippen molar-refractivity contribution in [1.82, 2.24) is 19.4 Å². The highest BCUT2D eigenvalue weighted by molar-refractivity contribution is 5.93. The molecule has 0 spiro atoms. The third-order valence-electron chi connectivity index (χ3n) is 4.57. The van der Waals surface area contributed by atoms with Crippen LogP contribution < -0.4 is 4.74 Å². The van der Waals surface area contributed by atoms with Crippen molar-refractivity contribution in [3.05, 3.63) is 65.9 Å². The van der Waals surface area contributed by atoms with Crippen molar-refractivity contribution in [3.8, 4) is 5.75 Å². The maximum atomic E-state index is 13.1. The van der Waals surface area contributed by atoms with Crippen LogP contribution >= 0.6 is 0 Å². The summed E-state index contributed by atoms with van der Waals surface area (Å²) in [6, 6.07) is 7.67. The summed E-state index contributed by atoms with van der Waals surface area (Å²) >= 11 is 0. The van der Waals surface area contributed by atoms with Gasteiger partial charge >= 0.3 is 0 Å². The van der Waals surface area contributed by atoms with Gasteiger partial charge in [0.05, 0.1) is 19.7 Å². The maximum absolute atomic E-state index is 13.1. The van der Waals surface area contributed by atoms with Crippen molar-refractivity contribution in [2.75, 3.05) is 7.11 Å². The first-order valence-corrected chi connectivity index (χ1v) is 8.02.